The summed E-state index contributed by atoms with van der Waals surface area (Å²) in [7, 11) is 0. The summed E-state index contributed by atoms with van der Waals surface area (Å²) in [5, 5.41) is 10.9. The molecule has 0 fully saturated rings. The third-order valence-corrected chi connectivity index (χ3v) is 3.06. The lowest BCUT2D eigenvalue weighted by Crippen LogP contribution is -2.01. The van der Waals surface area contributed by atoms with Crippen molar-refractivity contribution in [1.29, 1.82) is 0 Å². The van der Waals surface area contributed by atoms with Crippen molar-refractivity contribution >= 4 is 34.9 Å². The molecule has 2 aromatic carbocycles. The second-order valence-corrected chi connectivity index (χ2v) is 4.98. The summed E-state index contributed by atoms with van der Waals surface area (Å²) in [5.41, 5.74) is -0.0604. The molecule has 8 heteroatoms. The third-order valence-electron chi connectivity index (χ3n) is 2.50. The molecule has 0 saturated heterocycles. The minimum atomic E-state index is -0.516. The third kappa shape index (κ3) is 3.87. The van der Waals surface area contributed by atoms with Crippen LogP contribution in [0.25, 0.3) is 0 Å². The minimum Gasteiger partial charge on any atom is -0.454 e. The standard InChI is InChI=1S/C14H9Cl2NO5/c1-8(18)21-11-6-12(15)14(13(16)7-11)22-10-4-2-9(3-5-10)17(19)20/h2-7H,1H3. The van der Waals surface area contributed by atoms with E-state index in [4.69, 9.17) is 32.7 Å². The van der Waals surface area contributed by atoms with Gasteiger partial charge >= 0.3 is 5.97 Å². The van der Waals surface area contributed by atoms with E-state index in [2.05, 4.69) is 0 Å². The number of nitro groups is 1. The van der Waals surface area contributed by atoms with Crippen LogP contribution in [0, 0.1) is 10.1 Å². The predicted molar refractivity (Wildman–Crippen MR) is 80.9 cm³/mol. The quantitative estimate of drug-likeness (QED) is 0.351. The van der Waals surface area contributed by atoms with Crippen molar-refractivity contribution in [2.24, 2.45) is 0 Å². The molecule has 2 rings (SSSR count). The smallest absolute Gasteiger partial charge is 0.308 e. The normalized spacial score (nSPS) is 10.1. The van der Waals surface area contributed by atoms with Crippen LogP contribution in [0.15, 0.2) is 36.4 Å². The zero-order valence-corrected chi connectivity index (χ0v) is 12.7. The maximum absolute atomic E-state index is 10.9. The summed E-state index contributed by atoms with van der Waals surface area (Å²) < 4.78 is 10.4. The highest BCUT2D eigenvalue weighted by atomic mass is 35.5. The summed E-state index contributed by atoms with van der Waals surface area (Å²) in [5.74, 6) is 0.178. The van der Waals surface area contributed by atoms with Crippen molar-refractivity contribution in [3.05, 3.63) is 56.6 Å². The van der Waals surface area contributed by atoms with Crippen LogP contribution in [-0.2, 0) is 4.79 Å². The first-order valence-corrected chi connectivity index (χ1v) is 6.72. The van der Waals surface area contributed by atoms with Gasteiger partial charge in [-0.25, -0.2) is 0 Å². The minimum absolute atomic E-state index is 0.0604. The number of carbonyl (C=O) groups is 1. The van der Waals surface area contributed by atoms with Crippen LogP contribution < -0.4 is 9.47 Å². The van der Waals surface area contributed by atoms with E-state index in [1.165, 1.54) is 43.3 Å². The number of hydrogen-bond donors (Lipinski definition) is 0. The van der Waals surface area contributed by atoms with Crippen LogP contribution in [0.3, 0.4) is 0 Å². The summed E-state index contributed by atoms with van der Waals surface area (Å²) in [6.07, 6.45) is 0. The monoisotopic (exact) mass is 341 g/mol. The van der Waals surface area contributed by atoms with E-state index in [0.29, 0.717) is 5.75 Å². The number of halogens is 2. The van der Waals surface area contributed by atoms with Crippen LogP contribution in [0.2, 0.25) is 10.0 Å². The number of esters is 1. The van der Waals surface area contributed by atoms with Crippen molar-refractivity contribution in [1.82, 2.24) is 0 Å². The molecule has 0 amide bonds. The summed E-state index contributed by atoms with van der Waals surface area (Å²) in [6, 6.07) is 8.20. The van der Waals surface area contributed by atoms with Gasteiger partial charge in [0.15, 0.2) is 5.75 Å². The Balaban J connectivity index is 2.25. The van der Waals surface area contributed by atoms with E-state index in [1.54, 1.807) is 0 Å². The highest BCUT2D eigenvalue weighted by molar-refractivity contribution is 6.37. The first-order valence-electron chi connectivity index (χ1n) is 5.96. The zero-order valence-electron chi connectivity index (χ0n) is 11.2. The van der Waals surface area contributed by atoms with E-state index in [1.807, 2.05) is 0 Å². The molecule has 0 aliphatic carbocycles. The fourth-order valence-electron chi connectivity index (χ4n) is 1.61. The number of rotatable bonds is 4. The number of ether oxygens (including phenoxy) is 2. The predicted octanol–water partition coefficient (Wildman–Crippen LogP) is 4.62. The maximum Gasteiger partial charge on any atom is 0.308 e. The molecule has 0 bridgehead atoms. The Labute approximate surface area is 135 Å². The van der Waals surface area contributed by atoms with Gasteiger partial charge in [-0.3, -0.25) is 14.9 Å². The fourth-order valence-corrected chi connectivity index (χ4v) is 2.16. The van der Waals surface area contributed by atoms with Gasteiger partial charge in [-0.05, 0) is 12.1 Å². The Morgan fingerprint density at radius 1 is 1.09 bits per heavy atom. The molecule has 0 saturated carbocycles. The average Bonchev–Trinajstić information content (AvgIpc) is 2.42. The largest absolute Gasteiger partial charge is 0.454 e. The molecule has 0 unspecified atom stereocenters. The molecule has 22 heavy (non-hydrogen) atoms. The van der Waals surface area contributed by atoms with Crippen LogP contribution in [-0.4, -0.2) is 10.9 Å². The Morgan fingerprint density at radius 2 is 1.64 bits per heavy atom. The van der Waals surface area contributed by atoms with E-state index < -0.39 is 10.9 Å². The van der Waals surface area contributed by atoms with E-state index in [9.17, 15) is 14.9 Å². The second kappa shape index (κ2) is 6.64. The topological polar surface area (TPSA) is 78.7 Å². The van der Waals surface area contributed by atoms with Crippen LogP contribution in [0.5, 0.6) is 17.2 Å². The maximum atomic E-state index is 10.9. The average molecular weight is 342 g/mol. The summed E-state index contributed by atoms with van der Waals surface area (Å²) in [4.78, 5) is 21.0. The second-order valence-electron chi connectivity index (χ2n) is 4.16. The van der Waals surface area contributed by atoms with Crippen molar-refractivity contribution in [3.8, 4) is 17.2 Å². The molecular weight excluding hydrogens is 333 g/mol. The van der Waals surface area contributed by atoms with Gasteiger partial charge in [0, 0.05) is 31.2 Å². The lowest BCUT2D eigenvalue weighted by molar-refractivity contribution is -0.384. The summed E-state index contributed by atoms with van der Waals surface area (Å²) in [6.45, 7) is 1.25. The van der Waals surface area contributed by atoms with Crippen molar-refractivity contribution in [2.75, 3.05) is 0 Å². The van der Waals surface area contributed by atoms with Crippen LogP contribution >= 0.6 is 23.2 Å². The number of carbonyl (C=O) groups excluding carboxylic acids is 1. The number of hydrogen-bond acceptors (Lipinski definition) is 5. The van der Waals surface area contributed by atoms with E-state index in [0.717, 1.165) is 0 Å². The molecule has 114 valence electrons. The molecule has 0 N–H and O–H groups in total. The van der Waals surface area contributed by atoms with E-state index in [-0.39, 0.29) is 27.2 Å². The molecule has 0 aliphatic rings. The van der Waals surface area contributed by atoms with Crippen molar-refractivity contribution in [2.45, 2.75) is 6.92 Å². The molecule has 0 spiro atoms. The van der Waals surface area contributed by atoms with Crippen LogP contribution in [0.4, 0.5) is 5.69 Å². The fraction of sp³-hybridized carbons (Fsp3) is 0.0714. The number of non-ortho nitro benzene ring substituents is 1. The van der Waals surface area contributed by atoms with Crippen molar-refractivity contribution < 1.29 is 19.2 Å². The SMILES string of the molecule is CC(=O)Oc1cc(Cl)c(Oc2ccc([N+](=O)[O-])cc2)c(Cl)c1. The molecule has 2 aromatic rings. The van der Waals surface area contributed by atoms with Gasteiger partial charge in [0.25, 0.3) is 5.69 Å². The van der Waals surface area contributed by atoms with Crippen molar-refractivity contribution in [3.63, 3.8) is 0 Å². The van der Waals surface area contributed by atoms with Gasteiger partial charge in [-0.1, -0.05) is 23.2 Å². The Bertz CT molecular complexity index is 708. The lowest BCUT2D eigenvalue weighted by Gasteiger charge is -2.11. The molecule has 0 radical (unpaired) electrons. The van der Waals surface area contributed by atoms with Gasteiger partial charge in [-0.2, -0.15) is 0 Å². The first kappa shape index (κ1) is 16.1. The van der Waals surface area contributed by atoms with Gasteiger partial charge in [0.1, 0.15) is 11.5 Å². The Morgan fingerprint density at radius 3 is 2.09 bits per heavy atom. The Kier molecular flexibility index (Phi) is 4.85. The lowest BCUT2D eigenvalue weighted by atomic mass is 10.3. The van der Waals surface area contributed by atoms with E-state index >= 15 is 0 Å². The molecule has 0 atom stereocenters. The molecular formula is C14H9Cl2NO5. The first-order chi connectivity index (χ1) is 10.4. The molecule has 0 aromatic heterocycles. The Hall–Kier alpha value is -2.31. The zero-order chi connectivity index (χ0) is 16.3. The van der Waals surface area contributed by atoms with Crippen LogP contribution in [0.1, 0.15) is 6.92 Å². The number of benzene rings is 2. The van der Waals surface area contributed by atoms with Gasteiger partial charge in [0.2, 0.25) is 0 Å². The number of nitro benzene ring substituents is 1. The highest BCUT2D eigenvalue weighted by Gasteiger charge is 2.13. The number of nitrogens with zero attached hydrogens (tertiary/aromatic N) is 1. The summed E-state index contributed by atoms with van der Waals surface area (Å²) >= 11 is 12.1. The molecule has 0 aliphatic heterocycles. The van der Waals surface area contributed by atoms with Gasteiger partial charge < -0.3 is 9.47 Å². The molecule has 6 nitrogen and oxygen atoms in total. The van der Waals surface area contributed by atoms with Gasteiger partial charge in [0.05, 0.1) is 15.0 Å². The highest BCUT2D eigenvalue weighted by Crippen LogP contribution is 2.39. The van der Waals surface area contributed by atoms with Gasteiger partial charge in [-0.15, -0.1) is 0 Å². The molecule has 0 heterocycles.